The molecule has 0 radical (unpaired) electrons. The number of carboxylic acids is 1. The SMILES string of the molecule is CC(C)N(CC(=Cc1ccc(C(=O)O)cc1)COc1cccc2ccccc12)C1CCNCC1. The van der Waals surface area contributed by atoms with Crippen molar-refractivity contribution in [3.05, 3.63) is 83.4 Å². The van der Waals surface area contributed by atoms with Gasteiger partial charge in [0.15, 0.2) is 0 Å². The van der Waals surface area contributed by atoms with Crippen molar-refractivity contribution >= 4 is 22.8 Å². The van der Waals surface area contributed by atoms with Gasteiger partial charge in [0.25, 0.3) is 0 Å². The van der Waals surface area contributed by atoms with Gasteiger partial charge in [0, 0.05) is 24.0 Å². The smallest absolute Gasteiger partial charge is 0.335 e. The number of hydrogen-bond acceptors (Lipinski definition) is 4. The second kappa shape index (κ2) is 11.3. The topological polar surface area (TPSA) is 61.8 Å². The van der Waals surface area contributed by atoms with Gasteiger partial charge in [-0.25, -0.2) is 4.79 Å². The van der Waals surface area contributed by atoms with Gasteiger partial charge < -0.3 is 15.2 Å². The summed E-state index contributed by atoms with van der Waals surface area (Å²) in [7, 11) is 0. The number of nitrogens with zero attached hydrogens (tertiary/aromatic N) is 1. The van der Waals surface area contributed by atoms with Crippen molar-refractivity contribution in [3.63, 3.8) is 0 Å². The zero-order chi connectivity index (χ0) is 23.9. The molecule has 178 valence electrons. The fourth-order valence-corrected chi connectivity index (χ4v) is 4.69. The van der Waals surface area contributed by atoms with Gasteiger partial charge in [-0.05, 0) is 74.5 Å². The third-order valence-electron chi connectivity index (χ3n) is 6.52. The molecule has 1 fully saturated rings. The molecule has 5 heteroatoms. The maximum Gasteiger partial charge on any atom is 0.335 e. The van der Waals surface area contributed by atoms with Crippen molar-refractivity contribution in [3.8, 4) is 5.75 Å². The Balaban J connectivity index is 1.60. The molecule has 0 aromatic heterocycles. The van der Waals surface area contributed by atoms with Crippen molar-refractivity contribution in [1.29, 1.82) is 0 Å². The highest BCUT2D eigenvalue weighted by Gasteiger charge is 2.24. The third-order valence-corrected chi connectivity index (χ3v) is 6.52. The van der Waals surface area contributed by atoms with E-state index in [2.05, 4.69) is 48.3 Å². The number of hydrogen-bond donors (Lipinski definition) is 2. The minimum absolute atomic E-state index is 0.296. The summed E-state index contributed by atoms with van der Waals surface area (Å²) in [5.74, 6) is -0.0323. The summed E-state index contributed by atoms with van der Waals surface area (Å²) in [4.78, 5) is 13.8. The lowest BCUT2D eigenvalue weighted by Gasteiger charge is -2.38. The van der Waals surface area contributed by atoms with Gasteiger partial charge in [-0.15, -0.1) is 0 Å². The van der Waals surface area contributed by atoms with Crippen LogP contribution in [0.4, 0.5) is 0 Å². The molecule has 5 nitrogen and oxygen atoms in total. The number of carbonyl (C=O) groups is 1. The second-order valence-corrected chi connectivity index (χ2v) is 9.24. The first-order valence-electron chi connectivity index (χ1n) is 12.1. The van der Waals surface area contributed by atoms with Gasteiger partial charge in [-0.2, -0.15) is 0 Å². The zero-order valence-corrected chi connectivity index (χ0v) is 20.0. The molecule has 4 rings (SSSR count). The summed E-state index contributed by atoms with van der Waals surface area (Å²) >= 11 is 0. The Labute approximate surface area is 202 Å². The van der Waals surface area contributed by atoms with E-state index in [0.717, 1.165) is 54.6 Å². The minimum Gasteiger partial charge on any atom is -0.489 e. The van der Waals surface area contributed by atoms with Gasteiger partial charge in [-0.1, -0.05) is 54.6 Å². The van der Waals surface area contributed by atoms with Crippen LogP contribution in [0, 0.1) is 0 Å². The summed E-state index contributed by atoms with van der Waals surface area (Å²) in [5, 5.41) is 15.0. The minimum atomic E-state index is -0.910. The Morgan fingerprint density at radius 2 is 1.76 bits per heavy atom. The average molecular weight is 459 g/mol. The first-order chi connectivity index (χ1) is 16.5. The van der Waals surface area contributed by atoms with Crippen LogP contribution in [0.25, 0.3) is 16.8 Å². The lowest BCUT2D eigenvalue weighted by Crippen LogP contribution is -2.47. The molecule has 1 aliphatic rings. The molecule has 0 amide bonds. The summed E-state index contributed by atoms with van der Waals surface area (Å²) in [5.41, 5.74) is 2.45. The number of fused-ring (bicyclic) bond motifs is 1. The molecule has 0 bridgehead atoms. The maximum atomic E-state index is 11.2. The highest BCUT2D eigenvalue weighted by Crippen LogP contribution is 2.26. The van der Waals surface area contributed by atoms with Crippen LogP contribution in [-0.2, 0) is 0 Å². The number of aromatic carboxylic acids is 1. The van der Waals surface area contributed by atoms with E-state index < -0.39 is 5.97 Å². The number of ether oxygens (including phenoxy) is 1. The fourth-order valence-electron chi connectivity index (χ4n) is 4.69. The predicted octanol–water partition coefficient (Wildman–Crippen LogP) is 5.46. The van der Waals surface area contributed by atoms with Crippen LogP contribution in [0.3, 0.4) is 0 Å². The van der Waals surface area contributed by atoms with E-state index in [4.69, 9.17) is 4.74 Å². The number of nitrogens with one attached hydrogen (secondary N) is 1. The highest BCUT2D eigenvalue weighted by molar-refractivity contribution is 5.88. The molecule has 1 aliphatic heterocycles. The predicted molar refractivity (Wildman–Crippen MR) is 139 cm³/mol. The molecule has 0 spiro atoms. The normalized spacial score (nSPS) is 15.2. The van der Waals surface area contributed by atoms with E-state index in [1.165, 1.54) is 5.57 Å². The molecular weight excluding hydrogens is 424 g/mol. The summed E-state index contributed by atoms with van der Waals surface area (Å²) in [6.07, 6.45) is 4.43. The van der Waals surface area contributed by atoms with E-state index in [1.54, 1.807) is 12.1 Å². The molecular formula is C29H34N2O3. The monoisotopic (exact) mass is 458 g/mol. The van der Waals surface area contributed by atoms with Crippen molar-refractivity contribution in [2.24, 2.45) is 0 Å². The van der Waals surface area contributed by atoms with Crippen LogP contribution in [0.2, 0.25) is 0 Å². The molecule has 0 saturated carbocycles. The Kier molecular flexibility index (Phi) is 7.99. The van der Waals surface area contributed by atoms with E-state index in [-0.39, 0.29) is 0 Å². The molecule has 34 heavy (non-hydrogen) atoms. The molecule has 3 aromatic rings. The number of benzene rings is 3. The second-order valence-electron chi connectivity index (χ2n) is 9.24. The standard InChI is InChI=1S/C29H34N2O3/c1-21(2)31(26-14-16-30-17-15-26)19-23(18-22-10-12-25(13-11-22)29(32)33)20-34-28-9-5-7-24-6-3-4-8-27(24)28/h3-13,18,21,26,30H,14-17,19-20H2,1-2H3,(H,32,33). The number of piperidine rings is 1. The summed E-state index contributed by atoms with van der Waals surface area (Å²) < 4.78 is 6.38. The van der Waals surface area contributed by atoms with Gasteiger partial charge in [-0.3, -0.25) is 4.90 Å². The summed E-state index contributed by atoms with van der Waals surface area (Å²) in [6.45, 7) is 7.91. The van der Waals surface area contributed by atoms with Gasteiger partial charge >= 0.3 is 5.97 Å². The largest absolute Gasteiger partial charge is 0.489 e. The molecule has 0 unspecified atom stereocenters. The van der Waals surface area contributed by atoms with Crippen LogP contribution < -0.4 is 10.1 Å². The molecule has 0 atom stereocenters. The molecule has 1 heterocycles. The average Bonchev–Trinajstić information content (AvgIpc) is 2.86. The van der Waals surface area contributed by atoms with Gasteiger partial charge in [0.2, 0.25) is 0 Å². The maximum absolute atomic E-state index is 11.2. The van der Waals surface area contributed by atoms with Crippen molar-refractivity contribution in [2.45, 2.75) is 38.8 Å². The summed E-state index contributed by atoms with van der Waals surface area (Å²) in [6, 6.07) is 22.4. The third kappa shape index (κ3) is 6.04. The number of rotatable bonds is 9. The Hall–Kier alpha value is -3.15. The van der Waals surface area contributed by atoms with Gasteiger partial charge in [0.1, 0.15) is 12.4 Å². The van der Waals surface area contributed by atoms with Crippen LogP contribution in [0.5, 0.6) is 5.75 Å². The lowest BCUT2D eigenvalue weighted by atomic mass is 10.0. The first-order valence-corrected chi connectivity index (χ1v) is 12.1. The Morgan fingerprint density at radius 1 is 1.06 bits per heavy atom. The van der Waals surface area contributed by atoms with E-state index >= 15 is 0 Å². The number of carboxylic acid groups (broad SMARTS) is 1. The van der Waals surface area contributed by atoms with Crippen LogP contribution in [0.15, 0.2) is 72.3 Å². The van der Waals surface area contributed by atoms with Crippen molar-refractivity contribution in [2.75, 3.05) is 26.2 Å². The van der Waals surface area contributed by atoms with E-state index in [1.807, 2.05) is 36.4 Å². The Morgan fingerprint density at radius 3 is 2.47 bits per heavy atom. The quantitative estimate of drug-likeness (QED) is 0.446. The zero-order valence-electron chi connectivity index (χ0n) is 20.0. The van der Waals surface area contributed by atoms with Crippen LogP contribution >= 0.6 is 0 Å². The highest BCUT2D eigenvalue weighted by atomic mass is 16.5. The fraction of sp³-hybridized carbons (Fsp3) is 0.345. The first kappa shape index (κ1) is 24.0. The molecule has 2 N–H and O–H groups in total. The lowest BCUT2D eigenvalue weighted by molar-refractivity contribution is 0.0697. The van der Waals surface area contributed by atoms with E-state index in [0.29, 0.717) is 24.3 Å². The van der Waals surface area contributed by atoms with E-state index in [9.17, 15) is 9.90 Å². The molecule has 1 saturated heterocycles. The van der Waals surface area contributed by atoms with Crippen LogP contribution in [-0.4, -0.2) is 54.3 Å². The molecule has 0 aliphatic carbocycles. The van der Waals surface area contributed by atoms with Crippen molar-refractivity contribution < 1.29 is 14.6 Å². The van der Waals surface area contributed by atoms with Crippen molar-refractivity contribution in [1.82, 2.24) is 10.2 Å². The molecule has 3 aromatic carbocycles. The Bertz CT molecular complexity index is 1130. The van der Waals surface area contributed by atoms with Crippen LogP contribution in [0.1, 0.15) is 42.6 Å². The van der Waals surface area contributed by atoms with Gasteiger partial charge in [0.05, 0.1) is 5.56 Å².